The van der Waals surface area contributed by atoms with Gasteiger partial charge in [0.05, 0.1) is 45.1 Å². The van der Waals surface area contributed by atoms with Crippen molar-refractivity contribution < 1.29 is 18.8 Å². The Morgan fingerprint density at radius 1 is 0.850 bits per heavy atom. The molecular weight excluding hydrogens is 502 g/mol. The van der Waals surface area contributed by atoms with Crippen molar-refractivity contribution in [2.24, 2.45) is 5.11 Å². The minimum absolute atomic E-state index is 0.0534. The second-order valence-electron chi connectivity index (χ2n) is 11.1. The summed E-state index contributed by atoms with van der Waals surface area (Å²) >= 11 is 0. The van der Waals surface area contributed by atoms with E-state index in [0.717, 1.165) is 6.54 Å². The molecule has 0 aliphatic carbocycles. The number of rotatable bonds is 14. The molecule has 0 saturated carbocycles. The van der Waals surface area contributed by atoms with Crippen LogP contribution >= 0.6 is 0 Å². The number of azide groups is 1. The zero-order valence-electron chi connectivity index (χ0n) is 24.5. The molecule has 212 valence electrons. The van der Waals surface area contributed by atoms with Crippen LogP contribution in [0.4, 0.5) is 11.4 Å². The highest BCUT2D eigenvalue weighted by Crippen LogP contribution is 2.47. The molecule has 2 aromatic rings. The third-order valence-electron chi connectivity index (χ3n) is 7.85. The summed E-state index contributed by atoms with van der Waals surface area (Å²) in [5.74, 6) is 0. The maximum Gasteiger partial charge on any atom is 0.209 e. The van der Waals surface area contributed by atoms with Crippen LogP contribution in [0.15, 0.2) is 77.6 Å². The van der Waals surface area contributed by atoms with Gasteiger partial charge in [0.2, 0.25) is 5.69 Å². The van der Waals surface area contributed by atoms with Gasteiger partial charge in [-0.15, -0.1) is 0 Å². The van der Waals surface area contributed by atoms with Gasteiger partial charge in [-0.25, -0.2) is 0 Å². The molecule has 2 heterocycles. The topological polar surface area (TPSA) is 82.7 Å². The summed E-state index contributed by atoms with van der Waals surface area (Å²) in [7, 11) is 2.15. The van der Waals surface area contributed by atoms with Gasteiger partial charge in [0.1, 0.15) is 7.05 Å². The maximum absolute atomic E-state index is 8.25. The summed E-state index contributed by atoms with van der Waals surface area (Å²) in [5.41, 5.74) is 15.8. The van der Waals surface area contributed by atoms with Crippen LogP contribution in [0.3, 0.4) is 0 Å². The monoisotopic (exact) mass is 544 g/mol. The Bertz CT molecular complexity index is 1320. The SMILES string of the molecule is C[N+]1=C(/C=C/C=C2/N(CCOCCOCCOCCN=[N+]=[N-])c3ccccc3C2(C)C)C(C)(C)c2ccccc21. The van der Waals surface area contributed by atoms with Gasteiger partial charge in [0, 0.05) is 52.5 Å². The van der Waals surface area contributed by atoms with Crippen molar-refractivity contribution in [3.8, 4) is 0 Å². The lowest BCUT2D eigenvalue weighted by atomic mass is 9.81. The fourth-order valence-electron chi connectivity index (χ4n) is 5.76. The van der Waals surface area contributed by atoms with Gasteiger partial charge in [-0.2, -0.15) is 4.58 Å². The Kier molecular flexibility index (Phi) is 9.82. The molecule has 0 saturated heterocycles. The molecule has 0 aromatic heterocycles. The van der Waals surface area contributed by atoms with E-state index in [0.29, 0.717) is 46.2 Å². The molecule has 0 N–H and O–H groups in total. The predicted octanol–water partition coefficient (Wildman–Crippen LogP) is 6.29. The molecule has 0 spiro atoms. The first-order valence-electron chi connectivity index (χ1n) is 14.0. The van der Waals surface area contributed by atoms with Crippen molar-refractivity contribution in [2.45, 2.75) is 38.5 Å². The lowest BCUT2D eigenvalue weighted by Crippen LogP contribution is -2.29. The van der Waals surface area contributed by atoms with Crippen LogP contribution in [0.25, 0.3) is 10.4 Å². The lowest BCUT2D eigenvalue weighted by Gasteiger charge is -2.27. The predicted molar refractivity (Wildman–Crippen MR) is 161 cm³/mol. The van der Waals surface area contributed by atoms with Crippen LogP contribution in [-0.4, -0.2) is 70.1 Å². The fourth-order valence-corrected chi connectivity index (χ4v) is 5.76. The quantitative estimate of drug-likeness (QED) is 0.0920. The van der Waals surface area contributed by atoms with Gasteiger partial charge in [-0.05, 0) is 37.1 Å². The highest BCUT2D eigenvalue weighted by molar-refractivity contribution is 6.03. The molecule has 2 aliphatic heterocycles. The maximum atomic E-state index is 8.25. The van der Waals surface area contributed by atoms with Crippen LogP contribution in [-0.2, 0) is 25.0 Å². The summed E-state index contributed by atoms with van der Waals surface area (Å²) in [6, 6.07) is 17.3. The Morgan fingerprint density at radius 2 is 1.48 bits per heavy atom. The molecule has 0 radical (unpaired) electrons. The van der Waals surface area contributed by atoms with Gasteiger partial charge in [0.25, 0.3) is 0 Å². The summed E-state index contributed by atoms with van der Waals surface area (Å²) < 4.78 is 19.2. The van der Waals surface area contributed by atoms with Crippen molar-refractivity contribution in [3.05, 3.63) is 94.0 Å². The summed E-state index contributed by atoms with van der Waals surface area (Å²) in [6.07, 6.45) is 6.74. The average Bonchev–Trinajstić information content (AvgIpc) is 3.28. The molecular formula is C32H42N5O3+. The number of allylic oxidation sites excluding steroid dienone is 4. The van der Waals surface area contributed by atoms with Gasteiger partial charge < -0.3 is 19.1 Å². The first-order chi connectivity index (χ1) is 19.3. The molecule has 40 heavy (non-hydrogen) atoms. The number of anilines is 1. The molecule has 2 aromatic carbocycles. The second-order valence-corrected chi connectivity index (χ2v) is 11.1. The first kappa shape index (κ1) is 29.6. The zero-order chi connectivity index (χ0) is 28.6. The van der Waals surface area contributed by atoms with Crippen LogP contribution in [0, 0.1) is 0 Å². The Morgan fingerprint density at radius 3 is 2.17 bits per heavy atom. The Hall–Kier alpha value is -3.42. The molecule has 0 unspecified atom stereocenters. The van der Waals surface area contributed by atoms with Gasteiger partial charge in [0.15, 0.2) is 5.71 Å². The molecule has 8 nitrogen and oxygen atoms in total. The fraction of sp³-hybridized carbons (Fsp3) is 0.469. The van der Waals surface area contributed by atoms with E-state index in [9.17, 15) is 0 Å². The Balaban J connectivity index is 1.37. The number of ether oxygens (including phenoxy) is 3. The van der Waals surface area contributed by atoms with E-state index in [1.54, 1.807) is 0 Å². The second kappa shape index (κ2) is 13.3. The van der Waals surface area contributed by atoms with Crippen LogP contribution < -0.4 is 4.90 Å². The number of benzene rings is 2. The van der Waals surface area contributed by atoms with Crippen molar-refractivity contribution in [2.75, 3.05) is 64.7 Å². The first-order valence-corrected chi connectivity index (χ1v) is 14.0. The van der Waals surface area contributed by atoms with Crippen LogP contribution in [0.5, 0.6) is 0 Å². The highest BCUT2D eigenvalue weighted by Gasteiger charge is 2.43. The molecule has 0 fully saturated rings. The van der Waals surface area contributed by atoms with Crippen LogP contribution in [0.2, 0.25) is 0 Å². The van der Waals surface area contributed by atoms with E-state index in [4.69, 9.17) is 19.7 Å². The van der Waals surface area contributed by atoms with Crippen molar-refractivity contribution in [3.63, 3.8) is 0 Å². The van der Waals surface area contributed by atoms with Crippen LogP contribution in [0.1, 0.15) is 38.8 Å². The van der Waals surface area contributed by atoms with Gasteiger partial charge in [-0.1, -0.05) is 61.4 Å². The summed E-state index contributed by atoms with van der Waals surface area (Å²) in [6.45, 7) is 13.3. The standard InChI is InChI=1S/C32H42N5O3/c1-31(2)25-11-6-8-13-27(25)36(5)29(31)15-10-16-30-32(3,4)26-12-7-9-14-28(26)37(30)18-20-39-22-24-40-23-21-38-19-17-34-35-33/h6-16H,17-24H2,1-5H3/q+1. The minimum atomic E-state index is -0.118. The number of fused-ring (bicyclic) bond motifs is 2. The number of hydrogen-bond donors (Lipinski definition) is 0. The van der Waals surface area contributed by atoms with E-state index in [-0.39, 0.29) is 10.8 Å². The smallest absolute Gasteiger partial charge is 0.209 e. The average molecular weight is 545 g/mol. The Labute approximate surface area is 238 Å². The van der Waals surface area contributed by atoms with Gasteiger partial charge >= 0.3 is 0 Å². The highest BCUT2D eigenvalue weighted by atomic mass is 16.5. The number of nitrogens with zero attached hydrogens (tertiary/aromatic N) is 5. The molecule has 2 aliphatic rings. The van der Waals surface area contributed by atoms with Crippen molar-refractivity contribution in [1.82, 2.24) is 0 Å². The summed E-state index contributed by atoms with van der Waals surface area (Å²) in [4.78, 5) is 5.09. The third kappa shape index (κ3) is 6.31. The molecule has 4 rings (SSSR count). The molecule has 0 amide bonds. The van der Waals surface area contributed by atoms with E-state index >= 15 is 0 Å². The number of hydrogen-bond acceptors (Lipinski definition) is 5. The molecule has 0 atom stereocenters. The third-order valence-corrected chi connectivity index (χ3v) is 7.85. The van der Waals surface area contributed by atoms with Crippen molar-refractivity contribution >= 4 is 17.1 Å². The van der Waals surface area contributed by atoms with E-state index in [2.05, 4.69) is 121 Å². The minimum Gasteiger partial charge on any atom is -0.379 e. The van der Waals surface area contributed by atoms with Crippen molar-refractivity contribution in [1.29, 1.82) is 0 Å². The zero-order valence-corrected chi connectivity index (χ0v) is 24.5. The molecule has 8 heteroatoms. The lowest BCUT2D eigenvalue weighted by molar-refractivity contribution is -0.401. The van der Waals surface area contributed by atoms with E-state index < -0.39 is 0 Å². The van der Waals surface area contributed by atoms with E-state index in [1.165, 1.54) is 33.9 Å². The van der Waals surface area contributed by atoms with E-state index in [1.807, 2.05) is 0 Å². The normalized spacial score (nSPS) is 17.9. The molecule has 0 bridgehead atoms. The summed E-state index contributed by atoms with van der Waals surface area (Å²) in [5, 5.41) is 3.43. The number of para-hydroxylation sites is 2. The largest absolute Gasteiger partial charge is 0.379 e. The van der Waals surface area contributed by atoms with Gasteiger partial charge in [-0.3, -0.25) is 0 Å².